The highest BCUT2D eigenvalue weighted by Crippen LogP contribution is 2.48. The number of benzene rings is 9. The van der Waals surface area contributed by atoms with Gasteiger partial charge in [0.15, 0.2) is 0 Å². The van der Waals surface area contributed by atoms with Crippen molar-refractivity contribution in [1.82, 2.24) is 0 Å². The Hall–Kier alpha value is -6.78. The van der Waals surface area contributed by atoms with Crippen molar-refractivity contribution in [2.75, 3.05) is 4.90 Å². The molecular weight excluding hydrogens is 727 g/mol. The van der Waals surface area contributed by atoms with E-state index < -0.39 is 0 Å². The van der Waals surface area contributed by atoms with Gasteiger partial charge in [-0.2, -0.15) is 0 Å². The van der Waals surface area contributed by atoms with Gasteiger partial charge in [0.2, 0.25) is 0 Å². The Morgan fingerprint density at radius 2 is 0.825 bits per heavy atom. The van der Waals surface area contributed by atoms with Crippen LogP contribution in [-0.2, 0) is 0 Å². The van der Waals surface area contributed by atoms with Crippen LogP contribution in [0.25, 0.3) is 84.9 Å². The van der Waals surface area contributed by atoms with Crippen LogP contribution in [0.15, 0.2) is 212 Å². The second-order valence-electron chi connectivity index (χ2n) is 14.5. The molecule has 0 fully saturated rings. The third-order valence-electron chi connectivity index (χ3n) is 11.1. The first kappa shape index (κ1) is 33.5. The van der Waals surface area contributed by atoms with Crippen LogP contribution in [-0.4, -0.2) is 0 Å². The summed E-state index contributed by atoms with van der Waals surface area (Å²) in [5.41, 5.74) is 13.1. The maximum absolute atomic E-state index is 2.47. The zero-order valence-corrected chi connectivity index (χ0v) is 32.6. The monoisotopic (exact) mass is 761 g/mol. The molecule has 1 nitrogen and oxygen atoms in total. The topological polar surface area (TPSA) is 3.24 Å². The highest BCUT2D eigenvalue weighted by atomic mass is 32.1. The molecule has 2 aromatic heterocycles. The van der Waals surface area contributed by atoms with Gasteiger partial charge in [0, 0.05) is 57.3 Å². The lowest BCUT2D eigenvalue weighted by molar-refractivity contribution is 1.30. The minimum Gasteiger partial charge on any atom is -0.310 e. The van der Waals surface area contributed by atoms with E-state index in [0.29, 0.717) is 0 Å². The van der Waals surface area contributed by atoms with Crippen LogP contribution in [0.4, 0.5) is 17.1 Å². The van der Waals surface area contributed by atoms with Gasteiger partial charge < -0.3 is 4.90 Å². The predicted octanol–water partition coefficient (Wildman–Crippen LogP) is 16.6. The van der Waals surface area contributed by atoms with E-state index in [4.69, 9.17) is 0 Å². The van der Waals surface area contributed by atoms with E-state index in [1.165, 1.54) is 90.5 Å². The number of thiophene rings is 2. The van der Waals surface area contributed by atoms with Gasteiger partial charge in [0.1, 0.15) is 0 Å². The van der Waals surface area contributed by atoms with Crippen LogP contribution in [0, 0.1) is 0 Å². The minimum atomic E-state index is 1.11. The molecule has 0 radical (unpaired) electrons. The molecule has 0 bridgehead atoms. The molecule has 0 aliphatic heterocycles. The average molecular weight is 762 g/mol. The van der Waals surface area contributed by atoms with Crippen molar-refractivity contribution in [2.45, 2.75) is 0 Å². The van der Waals surface area contributed by atoms with Crippen LogP contribution in [0.1, 0.15) is 0 Å². The molecule has 11 aromatic rings. The summed E-state index contributed by atoms with van der Waals surface area (Å²) in [6.45, 7) is 0. The highest BCUT2D eigenvalue weighted by Gasteiger charge is 2.22. The molecule has 0 saturated heterocycles. The summed E-state index contributed by atoms with van der Waals surface area (Å²) in [7, 11) is 0. The predicted molar refractivity (Wildman–Crippen MR) is 249 cm³/mol. The highest BCUT2D eigenvalue weighted by molar-refractivity contribution is 7.26. The van der Waals surface area contributed by atoms with E-state index in [0.717, 1.165) is 11.4 Å². The lowest BCUT2D eigenvalue weighted by atomic mass is 9.92. The van der Waals surface area contributed by atoms with Crippen molar-refractivity contribution in [3.63, 3.8) is 0 Å². The molecule has 0 unspecified atom stereocenters. The van der Waals surface area contributed by atoms with Gasteiger partial charge in [0.05, 0.1) is 5.69 Å². The Morgan fingerprint density at radius 3 is 1.54 bits per heavy atom. The van der Waals surface area contributed by atoms with Gasteiger partial charge in [-0.1, -0.05) is 164 Å². The van der Waals surface area contributed by atoms with Crippen LogP contribution in [0.5, 0.6) is 0 Å². The molecule has 0 aliphatic carbocycles. The van der Waals surface area contributed by atoms with Gasteiger partial charge in [0.25, 0.3) is 0 Å². The summed E-state index contributed by atoms with van der Waals surface area (Å²) in [6.07, 6.45) is 0. The van der Waals surface area contributed by atoms with Crippen molar-refractivity contribution >= 4 is 80.1 Å². The summed E-state index contributed by atoms with van der Waals surface area (Å²) in [4.78, 5) is 2.47. The summed E-state index contributed by atoms with van der Waals surface area (Å²) in [6, 6.07) is 77.6. The molecule has 0 amide bonds. The van der Waals surface area contributed by atoms with Crippen LogP contribution in [0.3, 0.4) is 0 Å². The van der Waals surface area contributed by atoms with Gasteiger partial charge in [-0.15, -0.1) is 22.7 Å². The molecule has 57 heavy (non-hydrogen) atoms. The Bertz CT molecular complexity index is 3210. The Kier molecular flexibility index (Phi) is 8.28. The Morgan fingerprint density at radius 1 is 0.298 bits per heavy atom. The molecular formula is C54H35NS2. The van der Waals surface area contributed by atoms with Crippen molar-refractivity contribution < 1.29 is 0 Å². The van der Waals surface area contributed by atoms with E-state index in [2.05, 4.69) is 217 Å². The summed E-state index contributed by atoms with van der Waals surface area (Å²) >= 11 is 3.75. The molecule has 11 rings (SSSR count). The fraction of sp³-hybridized carbons (Fsp3) is 0. The second-order valence-corrected chi connectivity index (χ2v) is 16.6. The van der Waals surface area contributed by atoms with Crippen LogP contribution >= 0.6 is 22.7 Å². The number of nitrogens with zero attached hydrogens (tertiary/aromatic N) is 1. The molecule has 3 heteroatoms. The van der Waals surface area contributed by atoms with E-state index in [-0.39, 0.29) is 0 Å². The smallest absolute Gasteiger partial charge is 0.0554 e. The van der Waals surface area contributed by atoms with E-state index >= 15 is 0 Å². The van der Waals surface area contributed by atoms with E-state index in [1.54, 1.807) is 0 Å². The number of fused-ring (bicyclic) bond motifs is 6. The maximum Gasteiger partial charge on any atom is 0.0554 e. The normalized spacial score (nSPS) is 11.5. The first-order valence-corrected chi connectivity index (χ1v) is 21.0. The minimum absolute atomic E-state index is 1.11. The SMILES string of the molecule is c1ccc(-c2ccc(-c3ccc(N(c4ccc(-c5ccccc5)c(-c5cccc6c5sc5ccccc56)c4)c4cccc5sc6ccccc6c45)cc3)cc2)cc1. The molecule has 268 valence electrons. The van der Waals surface area contributed by atoms with Crippen molar-refractivity contribution in [2.24, 2.45) is 0 Å². The number of rotatable bonds is 7. The average Bonchev–Trinajstić information content (AvgIpc) is 3.87. The number of hydrogen-bond acceptors (Lipinski definition) is 3. The fourth-order valence-electron chi connectivity index (χ4n) is 8.38. The van der Waals surface area contributed by atoms with Crippen LogP contribution in [0.2, 0.25) is 0 Å². The third kappa shape index (κ3) is 5.91. The molecule has 0 atom stereocenters. The van der Waals surface area contributed by atoms with Crippen molar-refractivity contribution in [3.05, 3.63) is 212 Å². The van der Waals surface area contributed by atoms with Crippen molar-refractivity contribution in [1.29, 1.82) is 0 Å². The van der Waals surface area contributed by atoms with Crippen molar-refractivity contribution in [3.8, 4) is 44.5 Å². The fourth-order valence-corrected chi connectivity index (χ4v) is 10.7. The second kappa shape index (κ2) is 14.1. The summed E-state index contributed by atoms with van der Waals surface area (Å²) in [5.74, 6) is 0. The Balaban J connectivity index is 1.11. The summed E-state index contributed by atoms with van der Waals surface area (Å²) < 4.78 is 5.20. The van der Waals surface area contributed by atoms with Gasteiger partial charge in [-0.3, -0.25) is 0 Å². The molecule has 2 heterocycles. The van der Waals surface area contributed by atoms with Gasteiger partial charge >= 0.3 is 0 Å². The lowest BCUT2D eigenvalue weighted by Crippen LogP contribution is -2.10. The van der Waals surface area contributed by atoms with E-state index in [9.17, 15) is 0 Å². The van der Waals surface area contributed by atoms with Gasteiger partial charge in [-0.25, -0.2) is 0 Å². The number of anilines is 3. The first-order valence-electron chi connectivity index (χ1n) is 19.3. The van der Waals surface area contributed by atoms with Gasteiger partial charge in [-0.05, 0) is 87.5 Å². The molecule has 0 N–H and O–H groups in total. The molecule has 0 saturated carbocycles. The van der Waals surface area contributed by atoms with E-state index in [1.807, 2.05) is 22.7 Å². The Labute approximate surface area is 340 Å². The maximum atomic E-state index is 2.47. The quantitative estimate of drug-likeness (QED) is 0.156. The molecule has 9 aromatic carbocycles. The number of hydrogen-bond donors (Lipinski definition) is 0. The standard InChI is InChI=1S/C54H35NS2/c1-3-13-36(14-4-1)37-25-27-38(28-26-37)39-29-31-41(32-30-39)55(49-21-12-24-52-53(49)47-18-8-10-23-51(47)56-52)42-33-34-43(40-15-5-2-6-16-40)48(35-42)46-20-11-19-45-44-17-7-9-22-50(44)57-54(45)46/h1-35H. The lowest BCUT2D eigenvalue weighted by Gasteiger charge is -2.28. The zero-order valence-electron chi connectivity index (χ0n) is 31.0. The third-order valence-corrected chi connectivity index (χ3v) is 13.5. The molecule has 0 spiro atoms. The van der Waals surface area contributed by atoms with Crippen LogP contribution < -0.4 is 4.90 Å². The summed E-state index contributed by atoms with van der Waals surface area (Å²) in [5, 5.41) is 5.17. The zero-order chi connectivity index (χ0) is 37.7. The largest absolute Gasteiger partial charge is 0.310 e. The molecule has 0 aliphatic rings. The first-order chi connectivity index (χ1) is 28.3.